The molecule has 1 heterocycles. The van der Waals surface area contributed by atoms with Crippen molar-refractivity contribution in [1.82, 2.24) is 10.2 Å². The van der Waals surface area contributed by atoms with E-state index < -0.39 is 0 Å². The van der Waals surface area contributed by atoms with Crippen LogP contribution in [-0.2, 0) is 4.79 Å². The number of methoxy groups -OCH3 is 1. The Morgan fingerprint density at radius 1 is 1.20 bits per heavy atom. The fraction of sp³-hybridized carbons (Fsp3) is 0.0526. The van der Waals surface area contributed by atoms with Crippen molar-refractivity contribution >= 4 is 33.6 Å². The van der Waals surface area contributed by atoms with E-state index in [0.717, 1.165) is 27.0 Å². The number of aromatic amines is 1. The molecular formula is C19H16BrN3O2. The molecule has 0 aliphatic heterocycles. The summed E-state index contributed by atoms with van der Waals surface area (Å²) in [6, 6.07) is 15.0. The molecule has 5 nitrogen and oxygen atoms in total. The van der Waals surface area contributed by atoms with Crippen LogP contribution in [0.1, 0.15) is 5.56 Å². The largest absolute Gasteiger partial charge is 0.496 e. The Kier molecular flexibility index (Phi) is 5.30. The van der Waals surface area contributed by atoms with Gasteiger partial charge in [-0.3, -0.25) is 9.89 Å². The Bertz CT molecular complexity index is 888. The minimum Gasteiger partial charge on any atom is -0.496 e. The quantitative estimate of drug-likeness (QED) is 0.622. The van der Waals surface area contributed by atoms with E-state index in [1.807, 2.05) is 48.5 Å². The second kappa shape index (κ2) is 7.81. The Hall–Kier alpha value is -2.86. The van der Waals surface area contributed by atoms with Gasteiger partial charge in [-0.25, -0.2) is 0 Å². The molecule has 0 aliphatic rings. The molecule has 3 rings (SSSR count). The Morgan fingerprint density at radius 3 is 2.68 bits per heavy atom. The molecule has 0 aliphatic carbocycles. The molecule has 0 fully saturated rings. The van der Waals surface area contributed by atoms with Crippen LogP contribution < -0.4 is 10.1 Å². The maximum Gasteiger partial charge on any atom is 0.248 e. The van der Waals surface area contributed by atoms with E-state index in [-0.39, 0.29) is 5.91 Å². The van der Waals surface area contributed by atoms with Crippen molar-refractivity contribution in [2.75, 3.05) is 12.4 Å². The number of ether oxygens (including phenoxy) is 1. The maximum absolute atomic E-state index is 12.1. The van der Waals surface area contributed by atoms with Crippen LogP contribution in [0.2, 0.25) is 0 Å². The standard InChI is InChI=1S/C19H16BrN3O2/c1-25-18-8-5-15(20)12-14(18)4-9-19(24)22-16-6-2-13(3-7-16)17-10-11-21-23-17/h2-12H,1H3,(H,21,23)(H,22,24)/b9-4+. The Morgan fingerprint density at radius 2 is 2.00 bits per heavy atom. The van der Waals surface area contributed by atoms with Gasteiger partial charge in [-0.15, -0.1) is 0 Å². The molecule has 0 bridgehead atoms. The second-order valence-electron chi connectivity index (χ2n) is 5.26. The molecular weight excluding hydrogens is 382 g/mol. The summed E-state index contributed by atoms with van der Waals surface area (Å²) in [5.41, 5.74) is 3.48. The van der Waals surface area contributed by atoms with Crippen LogP contribution in [0.3, 0.4) is 0 Å². The number of rotatable bonds is 5. The highest BCUT2D eigenvalue weighted by Gasteiger charge is 2.03. The summed E-state index contributed by atoms with van der Waals surface area (Å²) < 4.78 is 6.21. The Balaban J connectivity index is 1.67. The van der Waals surface area contributed by atoms with Crippen molar-refractivity contribution in [3.05, 3.63) is 70.8 Å². The topological polar surface area (TPSA) is 67.0 Å². The minimum absolute atomic E-state index is 0.212. The third-order valence-electron chi connectivity index (χ3n) is 3.57. The van der Waals surface area contributed by atoms with Gasteiger partial charge in [0.2, 0.25) is 5.91 Å². The highest BCUT2D eigenvalue weighted by molar-refractivity contribution is 9.10. The van der Waals surface area contributed by atoms with Crippen LogP contribution in [0.25, 0.3) is 17.3 Å². The highest BCUT2D eigenvalue weighted by Crippen LogP contribution is 2.24. The fourth-order valence-electron chi connectivity index (χ4n) is 2.33. The smallest absolute Gasteiger partial charge is 0.248 e. The van der Waals surface area contributed by atoms with Crippen molar-refractivity contribution < 1.29 is 9.53 Å². The van der Waals surface area contributed by atoms with Crippen LogP contribution in [-0.4, -0.2) is 23.2 Å². The molecule has 6 heteroatoms. The van der Waals surface area contributed by atoms with Gasteiger partial charge in [-0.2, -0.15) is 5.10 Å². The molecule has 1 amide bonds. The zero-order valence-corrected chi connectivity index (χ0v) is 15.1. The highest BCUT2D eigenvalue weighted by atomic mass is 79.9. The predicted octanol–water partition coefficient (Wildman–Crippen LogP) is 4.50. The molecule has 0 saturated carbocycles. The van der Waals surface area contributed by atoms with Crippen molar-refractivity contribution in [2.24, 2.45) is 0 Å². The molecule has 3 aromatic rings. The summed E-state index contributed by atoms with van der Waals surface area (Å²) in [6.07, 6.45) is 4.90. The summed E-state index contributed by atoms with van der Waals surface area (Å²) in [5.74, 6) is 0.493. The van der Waals surface area contributed by atoms with Crippen molar-refractivity contribution in [3.63, 3.8) is 0 Å². The predicted molar refractivity (Wildman–Crippen MR) is 102 cm³/mol. The van der Waals surface area contributed by atoms with E-state index in [4.69, 9.17) is 4.74 Å². The average molecular weight is 398 g/mol. The minimum atomic E-state index is -0.212. The van der Waals surface area contributed by atoms with E-state index in [0.29, 0.717) is 5.75 Å². The molecule has 0 atom stereocenters. The number of anilines is 1. The van der Waals surface area contributed by atoms with Crippen LogP contribution in [0.15, 0.2) is 65.3 Å². The van der Waals surface area contributed by atoms with Gasteiger partial charge in [0, 0.05) is 28.0 Å². The van der Waals surface area contributed by atoms with E-state index in [9.17, 15) is 4.79 Å². The molecule has 0 unspecified atom stereocenters. The van der Waals surface area contributed by atoms with Crippen LogP contribution in [0, 0.1) is 0 Å². The maximum atomic E-state index is 12.1. The van der Waals surface area contributed by atoms with Crippen molar-refractivity contribution in [3.8, 4) is 17.0 Å². The van der Waals surface area contributed by atoms with Crippen molar-refractivity contribution in [1.29, 1.82) is 0 Å². The van der Waals surface area contributed by atoms with Gasteiger partial charge in [0.1, 0.15) is 5.75 Å². The van der Waals surface area contributed by atoms with Gasteiger partial charge in [-0.05, 0) is 48.0 Å². The first-order valence-corrected chi connectivity index (χ1v) is 8.37. The number of carbonyl (C=O) groups is 1. The molecule has 2 N–H and O–H groups in total. The number of H-pyrrole nitrogens is 1. The monoisotopic (exact) mass is 397 g/mol. The summed E-state index contributed by atoms with van der Waals surface area (Å²) in [7, 11) is 1.60. The number of carbonyl (C=O) groups excluding carboxylic acids is 1. The molecule has 25 heavy (non-hydrogen) atoms. The number of nitrogens with one attached hydrogen (secondary N) is 2. The van der Waals surface area contributed by atoms with E-state index in [1.54, 1.807) is 19.4 Å². The molecule has 1 aromatic heterocycles. The lowest BCUT2D eigenvalue weighted by Crippen LogP contribution is -2.07. The Labute approximate surface area is 153 Å². The van der Waals surface area contributed by atoms with Crippen LogP contribution >= 0.6 is 15.9 Å². The second-order valence-corrected chi connectivity index (χ2v) is 6.17. The van der Waals surface area contributed by atoms with Gasteiger partial charge in [0.05, 0.1) is 12.8 Å². The van der Waals surface area contributed by atoms with Gasteiger partial charge >= 0.3 is 0 Å². The molecule has 0 radical (unpaired) electrons. The zero-order valence-electron chi connectivity index (χ0n) is 13.5. The lowest BCUT2D eigenvalue weighted by molar-refractivity contribution is -0.111. The SMILES string of the molecule is COc1ccc(Br)cc1/C=C/C(=O)Nc1ccc(-c2ccn[nH]2)cc1. The van der Waals surface area contributed by atoms with E-state index in [2.05, 4.69) is 31.4 Å². The van der Waals surface area contributed by atoms with E-state index in [1.165, 1.54) is 6.08 Å². The van der Waals surface area contributed by atoms with Gasteiger partial charge in [0.15, 0.2) is 0 Å². The molecule has 2 aromatic carbocycles. The normalized spacial score (nSPS) is 10.8. The number of aromatic nitrogens is 2. The lowest BCUT2D eigenvalue weighted by atomic mass is 10.1. The number of benzene rings is 2. The summed E-state index contributed by atoms with van der Waals surface area (Å²) in [4.78, 5) is 12.1. The first kappa shape index (κ1) is 17.0. The van der Waals surface area contributed by atoms with Gasteiger partial charge in [0.25, 0.3) is 0 Å². The van der Waals surface area contributed by atoms with Gasteiger partial charge in [-0.1, -0.05) is 28.1 Å². The number of amides is 1. The van der Waals surface area contributed by atoms with Crippen molar-refractivity contribution in [2.45, 2.75) is 0 Å². The van der Waals surface area contributed by atoms with Crippen LogP contribution in [0.4, 0.5) is 5.69 Å². The third kappa shape index (κ3) is 4.36. The lowest BCUT2D eigenvalue weighted by Gasteiger charge is -2.06. The van der Waals surface area contributed by atoms with Crippen LogP contribution in [0.5, 0.6) is 5.75 Å². The number of hydrogen-bond donors (Lipinski definition) is 2. The van der Waals surface area contributed by atoms with Gasteiger partial charge < -0.3 is 10.1 Å². The number of hydrogen-bond acceptors (Lipinski definition) is 3. The molecule has 0 spiro atoms. The average Bonchev–Trinajstić information content (AvgIpc) is 3.15. The first-order chi connectivity index (χ1) is 12.2. The number of nitrogens with zero attached hydrogens (tertiary/aromatic N) is 1. The fourth-order valence-corrected chi connectivity index (χ4v) is 2.71. The number of halogens is 1. The molecule has 126 valence electrons. The zero-order chi connectivity index (χ0) is 17.6. The first-order valence-electron chi connectivity index (χ1n) is 7.58. The van der Waals surface area contributed by atoms with E-state index >= 15 is 0 Å². The summed E-state index contributed by atoms with van der Waals surface area (Å²) in [6.45, 7) is 0. The molecule has 0 saturated heterocycles. The summed E-state index contributed by atoms with van der Waals surface area (Å²) in [5, 5.41) is 9.66. The third-order valence-corrected chi connectivity index (χ3v) is 4.06. The summed E-state index contributed by atoms with van der Waals surface area (Å²) >= 11 is 3.41.